The minimum absolute atomic E-state index is 0.132. The van der Waals surface area contributed by atoms with E-state index >= 15 is 0 Å². The van der Waals surface area contributed by atoms with Crippen molar-refractivity contribution < 1.29 is 9.47 Å². The van der Waals surface area contributed by atoms with Crippen LogP contribution in [0.2, 0.25) is 0 Å². The molecule has 4 heterocycles. The predicted molar refractivity (Wildman–Crippen MR) is 86.1 cm³/mol. The fourth-order valence-electron chi connectivity index (χ4n) is 3.12. The first-order chi connectivity index (χ1) is 11.1. The van der Waals surface area contributed by atoms with E-state index in [0.717, 1.165) is 30.2 Å². The van der Waals surface area contributed by atoms with Gasteiger partial charge in [-0.2, -0.15) is 9.97 Å². The Labute approximate surface area is 137 Å². The maximum absolute atomic E-state index is 6.13. The summed E-state index contributed by atoms with van der Waals surface area (Å²) in [6.07, 6.45) is 2.45. The van der Waals surface area contributed by atoms with Gasteiger partial charge in [-0.25, -0.2) is 4.98 Å². The van der Waals surface area contributed by atoms with Gasteiger partial charge in [-0.05, 0) is 0 Å². The number of hydrogen-bond donors (Lipinski definition) is 2. The molecule has 1 spiro atoms. The van der Waals surface area contributed by atoms with E-state index < -0.39 is 5.60 Å². The Balaban J connectivity index is 1.57. The van der Waals surface area contributed by atoms with Crippen molar-refractivity contribution in [3.8, 4) is 5.88 Å². The molecule has 1 unspecified atom stereocenters. The predicted octanol–water partition coefficient (Wildman–Crippen LogP) is 0.304. The largest absolute Gasteiger partial charge is 0.466 e. The topological polar surface area (TPSA) is 112 Å². The van der Waals surface area contributed by atoms with Gasteiger partial charge in [0.05, 0.1) is 25.3 Å². The van der Waals surface area contributed by atoms with E-state index in [1.807, 2.05) is 11.6 Å². The molecular weight excluding hydrogens is 316 g/mol. The second kappa shape index (κ2) is 5.59. The molecule has 1 atom stereocenters. The molecule has 0 bridgehead atoms. The van der Waals surface area contributed by atoms with Crippen LogP contribution in [0.5, 0.6) is 5.88 Å². The second-order valence-corrected chi connectivity index (χ2v) is 6.88. The Morgan fingerprint density at radius 1 is 1.35 bits per heavy atom. The molecule has 8 nitrogen and oxygen atoms in total. The van der Waals surface area contributed by atoms with Gasteiger partial charge in [0.1, 0.15) is 10.8 Å². The number of aromatic nitrogens is 3. The summed E-state index contributed by atoms with van der Waals surface area (Å²) in [5, 5.41) is 3.07. The van der Waals surface area contributed by atoms with Gasteiger partial charge in [-0.1, -0.05) is 0 Å². The number of ether oxygens (including phenoxy) is 2. The summed E-state index contributed by atoms with van der Waals surface area (Å²) in [5.74, 6) is 1.00. The van der Waals surface area contributed by atoms with Crippen LogP contribution in [-0.4, -0.2) is 51.8 Å². The van der Waals surface area contributed by atoms with Gasteiger partial charge in [0.15, 0.2) is 5.60 Å². The maximum Gasteiger partial charge on any atom is 0.225 e. The smallest absolute Gasteiger partial charge is 0.225 e. The number of nitrogens with zero attached hydrogens (tertiary/aromatic N) is 4. The van der Waals surface area contributed by atoms with Gasteiger partial charge in [-0.3, -0.25) is 4.90 Å². The third kappa shape index (κ3) is 2.82. The van der Waals surface area contributed by atoms with Gasteiger partial charge < -0.3 is 20.9 Å². The summed E-state index contributed by atoms with van der Waals surface area (Å²) in [6.45, 7) is 3.51. The molecule has 4 N–H and O–H groups in total. The molecule has 2 aromatic heterocycles. The first-order valence-electron chi connectivity index (χ1n) is 7.43. The quantitative estimate of drug-likeness (QED) is 0.806. The summed E-state index contributed by atoms with van der Waals surface area (Å²) >= 11 is 1.65. The lowest BCUT2D eigenvalue weighted by Gasteiger charge is -2.30. The van der Waals surface area contributed by atoms with Crippen LogP contribution in [0.4, 0.5) is 11.8 Å². The minimum Gasteiger partial charge on any atom is -0.466 e. The van der Waals surface area contributed by atoms with E-state index in [2.05, 4.69) is 19.9 Å². The normalized spacial score (nSPS) is 24.3. The highest BCUT2D eigenvalue weighted by atomic mass is 32.1. The average Bonchev–Trinajstić information content (AvgIpc) is 3.06. The van der Waals surface area contributed by atoms with Crippen LogP contribution in [-0.2, 0) is 17.7 Å². The lowest BCUT2D eigenvalue weighted by atomic mass is 9.98. The fourth-order valence-corrected chi connectivity index (χ4v) is 3.78. The number of nitrogens with two attached hydrogens (primary N) is 2. The molecule has 0 amide bonds. The molecule has 0 aromatic carbocycles. The third-order valence-corrected chi connectivity index (χ3v) is 4.87. The third-order valence-electron chi connectivity index (χ3n) is 4.10. The highest BCUT2D eigenvalue weighted by molar-refractivity contribution is 7.09. The molecule has 2 aromatic rings. The first kappa shape index (κ1) is 14.6. The zero-order valence-corrected chi connectivity index (χ0v) is 13.4. The van der Waals surface area contributed by atoms with Crippen molar-refractivity contribution in [1.82, 2.24) is 19.9 Å². The lowest BCUT2D eigenvalue weighted by molar-refractivity contribution is -0.00264. The molecule has 1 fully saturated rings. The molecule has 9 heteroatoms. The Morgan fingerprint density at radius 3 is 3.09 bits per heavy atom. The number of rotatable bonds is 2. The van der Waals surface area contributed by atoms with Crippen LogP contribution in [0.15, 0.2) is 11.6 Å². The zero-order valence-electron chi connectivity index (χ0n) is 12.6. The molecule has 2 aliphatic rings. The van der Waals surface area contributed by atoms with Crippen LogP contribution in [0.1, 0.15) is 10.6 Å². The molecule has 4 rings (SSSR count). The van der Waals surface area contributed by atoms with Crippen LogP contribution in [0, 0.1) is 0 Å². The summed E-state index contributed by atoms with van der Waals surface area (Å²) in [6, 6.07) is 0. The van der Waals surface area contributed by atoms with Crippen molar-refractivity contribution in [1.29, 1.82) is 0 Å². The summed E-state index contributed by atoms with van der Waals surface area (Å²) < 4.78 is 11.9. The second-order valence-electron chi connectivity index (χ2n) is 5.90. The number of thiazole rings is 1. The number of hydrogen-bond acceptors (Lipinski definition) is 9. The monoisotopic (exact) mass is 334 g/mol. The van der Waals surface area contributed by atoms with Crippen LogP contribution in [0.25, 0.3) is 0 Å². The molecule has 2 aliphatic heterocycles. The van der Waals surface area contributed by atoms with E-state index in [1.54, 1.807) is 11.3 Å². The highest BCUT2D eigenvalue weighted by Crippen LogP contribution is 2.38. The van der Waals surface area contributed by atoms with Gasteiger partial charge in [0.25, 0.3) is 0 Å². The Bertz CT molecular complexity index is 710. The summed E-state index contributed by atoms with van der Waals surface area (Å²) in [7, 11) is 0. The Morgan fingerprint density at radius 2 is 2.26 bits per heavy atom. The Kier molecular flexibility index (Phi) is 3.55. The van der Waals surface area contributed by atoms with Gasteiger partial charge in [0.2, 0.25) is 11.8 Å². The number of nitrogen functional groups attached to an aromatic ring is 2. The molecule has 0 radical (unpaired) electrons. The van der Waals surface area contributed by atoms with Crippen molar-refractivity contribution in [3.63, 3.8) is 0 Å². The fraction of sp³-hybridized carbons (Fsp3) is 0.500. The average molecular weight is 334 g/mol. The molecule has 0 aliphatic carbocycles. The van der Waals surface area contributed by atoms with Crippen molar-refractivity contribution in [2.45, 2.75) is 18.6 Å². The van der Waals surface area contributed by atoms with Crippen molar-refractivity contribution >= 4 is 23.1 Å². The molecular formula is C14H18N6O2S. The molecule has 1 saturated heterocycles. The maximum atomic E-state index is 6.13. The van der Waals surface area contributed by atoms with Gasteiger partial charge in [-0.15, -0.1) is 11.3 Å². The van der Waals surface area contributed by atoms with E-state index in [9.17, 15) is 0 Å². The van der Waals surface area contributed by atoms with Crippen molar-refractivity contribution in [3.05, 3.63) is 22.1 Å². The summed E-state index contributed by atoms with van der Waals surface area (Å²) in [5.41, 5.74) is 12.0. The minimum atomic E-state index is -0.493. The SMILES string of the molecule is Nc1nc(N)c2c(n1)OC1(COCCN(Cc3nccs3)C1)C2. The lowest BCUT2D eigenvalue weighted by Crippen LogP contribution is -2.48. The highest BCUT2D eigenvalue weighted by Gasteiger charge is 2.44. The van der Waals surface area contributed by atoms with Crippen LogP contribution >= 0.6 is 11.3 Å². The van der Waals surface area contributed by atoms with E-state index in [0.29, 0.717) is 31.3 Å². The molecule has 122 valence electrons. The van der Waals surface area contributed by atoms with Gasteiger partial charge in [0, 0.05) is 31.1 Å². The van der Waals surface area contributed by atoms with E-state index in [1.165, 1.54) is 0 Å². The van der Waals surface area contributed by atoms with Crippen molar-refractivity contribution in [2.75, 3.05) is 37.8 Å². The first-order valence-corrected chi connectivity index (χ1v) is 8.31. The van der Waals surface area contributed by atoms with E-state index in [4.69, 9.17) is 20.9 Å². The summed E-state index contributed by atoms with van der Waals surface area (Å²) in [4.78, 5) is 14.9. The van der Waals surface area contributed by atoms with Crippen molar-refractivity contribution in [2.24, 2.45) is 0 Å². The van der Waals surface area contributed by atoms with Gasteiger partial charge >= 0.3 is 0 Å². The van der Waals surface area contributed by atoms with Crippen LogP contribution in [0.3, 0.4) is 0 Å². The van der Waals surface area contributed by atoms with E-state index in [-0.39, 0.29) is 5.95 Å². The standard InChI is InChI=1S/C14H18N6O2S/c15-11-9-5-14(22-12(9)19-13(16)18-11)7-20(2-3-21-8-14)6-10-17-1-4-23-10/h1,4H,2-3,5-8H2,(H4,15,16,18,19). The molecule has 0 saturated carbocycles. The number of anilines is 2. The zero-order chi connectivity index (χ0) is 15.9. The Hall–Kier alpha value is -1.97. The van der Waals surface area contributed by atoms with Crippen LogP contribution < -0.4 is 16.2 Å². The number of fused-ring (bicyclic) bond motifs is 1. The molecule has 23 heavy (non-hydrogen) atoms.